The first-order chi connectivity index (χ1) is 10.4. The summed E-state index contributed by atoms with van der Waals surface area (Å²) in [6.45, 7) is 5.29. The smallest absolute Gasteiger partial charge is 0.394 e. The van der Waals surface area contributed by atoms with Gasteiger partial charge in [-0.15, -0.1) is 0 Å². The lowest BCUT2D eigenvalue weighted by atomic mass is 9.88. The molecule has 2 N–H and O–H groups in total. The lowest BCUT2D eigenvalue weighted by Crippen LogP contribution is -2.41. The number of hydrogen-bond donors (Lipinski definition) is 2. The number of rotatable bonds is 5. The largest absolute Gasteiger partial charge is 0.479 e. The second kappa shape index (κ2) is 6.60. The Balaban J connectivity index is 3.00. The predicted molar refractivity (Wildman–Crippen MR) is 78.9 cm³/mol. The summed E-state index contributed by atoms with van der Waals surface area (Å²) >= 11 is 0. The summed E-state index contributed by atoms with van der Waals surface area (Å²) in [7, 11) is 0. The summed E-state index contributed by atoms with van der Waals surface area (Å²) in [5.41, 5.74) is -0.369. The number of benzene rings is 1. The number of carboxylic acids is 1. The van der Waals surface area contributed by atoms with Crippen LogP contribution in [0.25, 0.3) is 0 Å². The van der Waals surface area contributed by atoms with Crippen molar-refractivity contribution in [1.29, 1.82) is 0 Å². The van der Waals surface area contributed by atoms with Crippen molar-refractivity contribution >= 4 is 11.9 Å². The van der Waals surface area contributed by atoms with Crippen LogP contribution in [0.4, 0.5) is 13.2 Å². The van der Waals surface area contributed by atoms with Crippen LogP contribution in [0.15, 0.2) is 18.2 Å². The highest BCUT2D eigenvalue weighted by Gasteiger charge is 2.48. The third kappa shape index (κ3) is 4.46. The Kier molecular flexibility index (Phi) is 5.45. The number of halogens is 3. The van der Waals surface area contributed by atoms with Crippen LogP contribution < -0.4 is 5.32 Å². The molecule has 0 bridgehead atoms. The van der Waals surface area contributed by atoms with Crippen LogP contribution in [0.5, 0.6) is 0 Å². The molecule has 0 heterocycles. The SMILES string of the molecule is Cc1cccc(C(NC(=O)CC(C)(C)C(F)(F)F)C(=O)O)c1C. The van der Waals surface area contributed by atoms with Crippen molar-refractivity contribution in [3.05, 3.63) is 34.9 Å². The monoisotopic (exact) mass is 331 g/mol. The zero-order valence-electron chi connectivity index (χ0n) is 13.4. The number of aliphatic carboxylic acids is 1. The summed E-state index contributed by atoms with van der Waals surface area (Å²) in [5, 5.41) is 11.5. The van der Waals surface area contributed by atoms with E-state index in [1.165, 1.54) is 6.07 Å². The van der Waals surface area contributed by atoms with Crippen LogP contribution in [-0.4, -0.2) is 23.2 Å². The Morgan fingerprint density at radius 3 is 2.26 bits per heavy atom. The maximum absolute atomic E-state index is 12.8. The number of carbonyl (C=O) groups excluding carboxylic acids is 1. The average Bonchev–Trinajstić information content (AvgIpc) is 2.37. The van der Waals surface area contributed by atoms with E-state index in [9.17, 15) is 27.9 Å². The molecule has 0 saturated carbocycles. The van der Waals surface area contributed by atoms with Crippen LogP contribution >= 0.6 is 0 Å². The number of alkyl halides is 3. The van der Waals surface area contributed by atoms with Gasteiger partial charge in [0.1, 0.15) is 0 Å². The minimum absolute atomic E-state index is 0.357. The van der Waals surface area contributed by atoms with Gasteiger partial charge in [-0.2, -0.15) is 13.2 Å². The Morgan fingerprint density at radius 2 is 1.78 bits per heavy atom. The van der Waals surface area contributed by atoms with Gasteiger partial charge in [0.05, 0.1) is 5.41 Å². The van der Waals surface area contributed by atoms with Gasteiger partial charge >= 0.3 is 12.1 Å². The first kappa shape index (κ1) is 19.0. The summed E-state index contributed by atoms with van der Waals surface area (Å²) in [4.78, 5) is 23.3. The highest BCUT2D eigenvalue weighted by Crippen LogP contribution is 2.40. The Labute approximate surface area is 132 Å². The Morgan fingerprint density at radius 1 is 1.22 bits per heavy atom. The summed E-state index contributed by atoms with van der Waals surface area (Å²) in [5.74, 6) is -2.28. The molecule has 0 aliphatic carbocycles. The van der Waals surface area contributed by atoms with Crippen molar-refractivity contribution in [2.75, 3.05) is 0 Å². The van der Waals surface area contributed by atoms with Gasteiger partial charge in [-0.3, -0.25) is 4.79 Å². The molecule has 1 unspecified atom stereocenters. The van der Waals surface area contributed by atoms with Crippen molar-refractivity contribution < 1.29 is 27.9 Å². The van der Waals surface area contributed by atoms with E-state index in [-0.39, 0.29) is 0 Å². The van der Waals surface area contributed by atoms with Crippen LogP contribution in [0, 0.1) is 19.3 Å². The van der Waals surface area contributed by atoms with E-state index in [0.29, 0.717) is 11.1 Å². The van der Waals surface area contributed by atoms with Gasteiger partial charge < -0.3 is 10.4 Å². The number of nitrogens with one attached hydrogen (secondary N) is 1. The zero-order valence-corrected chi connectivity index (χ0v) is 13.4. The lowest BCUT2D eigenvalue weighted by molar-refractivity contribution is -0.213. The minimum atomic E-state index is -4.55. The topological polar surface area (TPSA) is 66.4 Å². The van der Waals surface area contributed by atoms with Crippen molar-refractivity contribution in [2.24, 2.45) is 5.41 Å². The third-order valence-electron chi connectivity index (χ3n) is 3.88. The lowest BCUT2D eigenvalue weighted by Gasteiger charge is -2.28. The molecule has 1 atom stereocenters. The van der Waals surface area contributed by atoms with Crippen molar-refractivity contribution in [2.45, 2.75) is 46.3 Å². The molecule has 7 heteroatoms. The fourth-order valence-corrected chi connectivity index (χ4v) is 2.07. The summed E-state index contributed by atoms with van der Waals surface area (Å²) in [6, 6.07) is 3.58. The van der Waals surface area contributed by atoms with Gasteiger partial charge in [0, 0.05) is 6.42 Å². The first-order valence-corrected chi connectivity index (χ1v) is 7.02. The third-order valence-corrected chi connectivity index (χ3v) is 3.88. The molecule has 23 heavy (non-hydrogen) atoms. The van der Waals surface area contributed by atoms with E-state index in [1.54, 1.807) is 26.0 Å². The predicted octanol–water partition coefficient (Wildman–Crippen LogP) is 3.52. The summed E-state index contributed by atoms with van der Waals surface area (Å²) in [6.07, 6.45) is -5.40. The van der Waals surface area contributed by atoms with Gasteiger partial charge in [-0.25, -0.2) is 4.79 Å². The molecule has 1 aromatic carbocycles. The first-order valence-electron chi connectivity index (χ1n) is 7.02. The van der Waals surface area contributed by atoms with Crippen LogP contribution in [0.1, 0.15) is 43.0 Å². The molecular weight excluding hydrogens is 311 g/mol. The fourth-order valence-electron chi connectivity index (χ4n) is 2.07. The molecule has 0 radical (unpaired) electrons. The Bertz CT molecular complexity index is 609. The quantitative estimate of drug-likeness (QED) is 0.867. The minimum Gasteiger partial charge on any atom is -0.479 e. The van der Waals surface area contributed by atoms with Gasteiger partial charge in [0.2, 0.25) is 5.91 Å². The molecule has 0 spiro atoms. The van der Waals surface area contributed by atoms with Crippen molar-refractivity contribution in [1.82, 2.24) is 5.32 Å². The molecule has 1 rings (SSSR count). The number of hydrogen-bond acceptors (Lipinski definition) is 2. The normalized spacial score (nSPS) is 13.5. The highest BCUT2D eigenvalue weighted by atomic mass is 19.4. The van der Waals surface area contributed by atoms with Crippen LogP contribution in [0.3, 0.4) is 0 Å². The van der Waals surface area contributed by atoms with E-state index in [2.05, 4.69) is 5.32 Å². The number of carbonyl (C=O) groups is 2. The zero-order chi connectivity index (χ0) is 18.0. The molecule has 1 amide bonds. The summed E-state index contributed by atoms with van der Waals surface area (Å²) < 4.78 is 38.5. The molecule has 4 nitrogen and oxygen atoms in total. The van der Waals surface area contributed by atoms with E-state index in [1.807, 2.05) is 0 Å². The van der Waals surface area contributed by atoms with Crippen molar-refractivity contribution in [3.8, 4) is 0 Å². The molecule has 0 saturated heterocycles. The number of aryl methyl sites for hydroxylation is 1. The van der Waals surface area contributed by atoms with Gasteiger partial charge in [0.25, 0.3) is 0 Å². The molecule has 128 valence electrons. The van der Waals surface area contributed by atoms with E-state index >= 15 is 0 Å². The standard InChI is InChI=1S/C16H20F3NO3/c1-9-6-5-7-11(10(9)2)13(14(22)23)20-12(21)8-15(3,4)16(17,18)19/h5-7,13H,8H2,1-4H3,(H,20,21)(H,22,23). The maximum atomic E-state index is 12.8. The molecular formula is C16H20F3NO3. The number of carboxylic acid groups (broad SMARTS) is 1. The average molecular weight is 331 g/mol. The second-order valence-electron chi connectivity index (χ2n) is 6.19. The van der Waals surface area contributed by atoms with E-state index < -0.39 is 35.9 Å². The van der Waals surface area contributed by atoms with Crippen LogP contribution in [0.2, 0.25) is 0 Å². The van der Waals surface area contributed by atoms with Gasteiger partial charge in [0.15, 0.2) is 6.04 Å². The van der Waals surface area contributed by atoms with Gasteiger partial charge in [-0.1, -0.05) is 32.0 Å². The Hall–Kier alpha value is -2.05. The van der Waals surface area contributed by atoms with E-state index in [0.717, 1.165) is 19.4 Å². The van der Waals surface area contributed by atoms with Crippen LogP contribution in [-0.2, 0) is 9.59 Å². The maximum Gasteiger partial charge on any atom is 0.394 e. The van der Waals surface area contributed by atoms with E-state index in [4.69, 9.17) is 0 Å². The molecule has 0 fully saturated rings. The van der Waals surface area contributed by atoms with Gasteiger partial charge in [-0.05, 0) is 30.5 Å². The van der Waals surface area contributed by atoms with Crippen molar-refractivity contribution in [3.63, 3.8) is 0 Å². The highest BCUT2D eigenvalue weighted by molar-refractivity contribution is 5.85. The molecule has 1 aromatic rings. The second-order valence-corrected chi connectivity index (χ2v) is 6.19. The number of amides is 1. The molecule has 0 aliphatic rings. The molecule has 0 aromatic heterocycles. The fraction of sp³-hybridized carbons (Fsp3) is 0.500. The molecule has 0 aliphatic heterocycles.